The molecule has 1 N–H and O–H groups in total. The lowest BCUT2D eigenvalue weighted by atomic mass is 10.1. The van der Waals surface area contributed by atoms with Gasteiger partial charge in [0.15, 0.2) is 0 Å². The number of benzene rings is 1. The second kappa shape index (κ2) is 5.29. The minimum Gasteiger partial charge on any atom is -0.378 e. The molecule has 2 nitrogen and oxygen atoms in total. The SMILES string of the molecule is FC(F)(F)Sc1ccc(C2COCCN2)cc1. The first kappa shape index (κ1) is 12.7. The summed E-state index contributed by atoms with van der Waals surface area (Å²) in [5, 5.41) is 3.25. The lowest BCUT2D eigenvalue weighted by molar-refractivity contribution is -0.0328. The number of hydrogen-bond donors (Lipinski definition) is 1. The molecule has 1 fully saturated rings. The lowest BCUT2D eigenvalue weighted by Gasteiger charge is -2.24. The van der Waals surface area contributed by atoms with Gasteiger partial charge in [-0.15, -0.1) is 0 Å². The van der Waals surface area contributed by atoms with E-state index in [-0.39, 0.29) is 22.7 Å². The van der Waals surface area contributed by atoms with Crippen molar-refractivity contribution in [1.29, 1.82) is 0 Å². The van der Waals surface area contributed by atoms with E-state index in [2.05, 4.69) is 5.32 Å². The summed E-state index contributed by atoms with van der Waals surface area (Å²) in [5.74, 6) is 0. The van der Waals surface area contributed by atoms with E-state index in [1.165, 1.54) is 12.1 Å². The van der Waals surface area contributed by atoms with Crippen LogP contribution in [0.15, 0.2) is 29.2 Å². The van der Waals surface area contributed by atoms with E-state index >= 15 is 0 Å². The van der Waals surface area contributed by atoms with Crippen molar-refractivity contribution in [2.45, 2.75) is 16.4 Å². The predicted octanol–water partition coefficient (Wildman–Crippen LogP) is 2.96. The van der Waals surface area contributed by atoms with Crippen LogP contribution in [0.2, 0.25) is 0 Å². The molecule has 0 aromatic heterocycles. The van der Waals surface area contributed by atoms with Gasteiger partial charge >= 0.3 is 5.51 Å². The van der Waals surface area contributed by atoms with E-state index in [4.69, 9.17) is 4.74 Å². The Labute approximate surface area is 102 Å². The minimum atomic E-state index is -4.23. The third kappa shape index (κ3) is 3.90. The van der Waals surface area contributed by atoms with Gasteiger partial charge in [0.2, 0.25) is 0 Å². The number of alkyl halides is 3. The van der Waals surface area contributed by atoms with Gasteiger partial charge in [0.25, 0.3) is 0 Å². The van der Waals surface area contributed by atoms with Gasteiger partial charge in [-0.05, 0) is 29.5 Å². The van der Waals surface area contributed by atoms with Gasteiger partial charge in [0.1, 0.15) is 0 Å². The highest BCUT2D eigenvalue weighted by Crippen LogP contribution is 2.37. The number of thioether (sulfide) groups is 1. The summed E-state index contributed by atoms with van der Waals surface area (Å²) < 4.78 is 41.7. The van der Waals surface area contributed by atoms with E-state index in [1.54, 1.807) is 12.1 Å². The van der Waals surface area contributed by atoms with Gasteiger partial charge < -0.3 is 10.1 Å². The van der Waals surface area contributed by atoms with Crippen LogP contribution in [-0.2, 0) is 4.74 Å². The van der Waals surface area contributed by atoms with E-state index in [9.17, 15) is 13.2 Å². The Bertz CT molecular complexity index is 360. The summed E-state index contributed by atoms with van der Waals surface area (Å²) >= 11 is -0.0956. The first-order chi connectivity index (χ1) is 8.04. The van der Waals surface area contributed by atoms with Crippen molar-refractivity contribution in [3.63, 3.8) is 0 Å². The fraction of sp³-hybridized carbons (Fsp3) is 0.455. The average molecular weight is 263 g/mol. The normalized spacial score (nSPS) is 21.5. The molecular weight excluding hydrogens is 251 g/mol. The van der Waals surface area contributed by atoms with Crippen LogP contribution in [0.1, 0.15) is 11.6 Å². The fourth-order valence-electron chi connectivity index (χ4n) is 1.68. The molecule has 94 valence electrons. The Hall–Kier alpha value is -0.720. The van der Waals surface area contributed by atoms with Crippen molar-refractivity contribution in [3.8, 4) is 0 Å². The highest BCUT2D eigenvalue weighted by atomic mass is 32.2. The summed E-state index contributed by atoms with van der Waals surface area (Å²) in [4.78, 5) is 0.206. The van der Waals surface area contributed by atoms with Crippen LogP contribution in [0, 0.1) is 0 Å². The van der Waals surface area contributed by atoms with E-state index in [0.717, 1.165) is 12.1 Å². The molecular formula is C11H12F3NOS. The van der Waals surface area contributed by atoms with Gasteiger partial charge in [-0.1, -0.05) is 12.1 Å². The van der Waals surface area contributed by atoms with Crippen LogP contribution in [0.25, 0.3) is 0 Å². The maximum atomic E-state index is 12.1. The van der Waals surface area contributed by atoms with Crippen molar-refractivity contribution in [1.82, 2.24) is 5.32 Å². The molecule has 17 heavy (non-hydrogen) atoms. The number of rotatable bonds is 2. The fourth-order valence-corrected chi connectivity index (χ4v) is 2.22. The van der Waals surface area contributed by atoms with Crippen molar-refractivity contribution < 1.29 is 17.9 Å². The summed E-state index contributed by atoms with van der Waals surface area (Å²) in [6.07, 6.45) is 0. The quantitative estimate of drug-likeness (QED) is 0.829. The van der Waals surface area contributed by atoms with Crippen LogP contribution in [0.5, 0.6) is 0 Å². The summed E-state index contributed by atoms with van der Waals surface area (Å²) in [5.41, 5.74) is -3.27. The van der Waals surface area contributed by atoms with Crippen molar-refractivity contribution in [2.75, 3.05) is 19.8 Å². The zero-order chi connectivity index (χ0) is 12.3. The van der Waals surface area contributed by atoms with Crippen LogP contribution in [0.3, 0.4) is 0 Å². The first-order valence-electron chi connectivity index (χ1n) is 5.21. The summed E-state index contributed by atoms with van der Waals surface area (Å²) in [7, 11) is 0. The van der Waals surface area contributed by atoms with Crippen molar-refractivity contribution in [2.24, 2.45) is 0 Å². The summed E-state index contributed by atoms with van der Waals surface area (Å²) in [6.45, 7) is 2.01. The molecule has 1 aromatic rings. The predicted molar refractivity (Wildman–Crippen MR) is 59.9 cm³/mol. The maximum Gasteiger partial charge on any atom is 0.446 e. The smallest absolute Gasteiger partial charge is 0.378 e. The average Bonchev–Trinajstić information content (AvgIpc) is 2.29. The number of ether oxygens (including phenoxy) is 1. The minimum absolute atomic E-state index is 0.0775. The van der Waals surface area contributed by atoms with Crippen molar-refractivity contribution in [3.05, 3.63) is 29.8 Å². The Morgan fingerprint density at radius 3 is 2.47 bits per heavy atom. The molecule has 0 bridgehead atoms. The molecule has 0 saturated carbocycles. The highest BCUT2D eigenvalue weighted by molar-refractivity contribution is 8.00. The molecule has 1 aliphatic heterocycles. The third-order valence-electron chi connectivity index (χ3n) is 2.44. The molecule has 0 aliphatic carbocycles. The van der Waals surface area contributed by atoms with E-state index in [1.807, 2.05) is 0 Å². The Morgan fingerprint density at radius 2 is 1.94 bits per heavy atom. The monoisotopic (exact) mass is 263 g/mol. The largest absolute Gasteiger partial charge is 0.446 e. The second-order valence-electron chi connectivity index (χ2n) is 3.70. The molecule has 0 radical (unpaired) electrons. The molecule has 1 unspecified atom stereocenters. The van der Waals surface area contributed by atoms with Gasteiger partial charge in [0, 0.05) is 11.4 Å². The molecule has 2 rings (SSSR count). The molecule has 0 spiro atoms. The molecule has 1 aromatic carbocycles. The van der Waals surface area contributed by atoms with Gasteiger partial charge in [-0.3, -0.25) is 0 Å². The number of nitrogens with one attached hydrogen (secondary N) is 1. The van der Waals surface area contributed by atoms with Crippen molar-refractivity contribution >= 4 is 11.8 Å². The first-order valence-corrected chi connectivity index (χ1v) is 6.03. The lowest BCUT2D eigenvalue weighted by Crippen LogP contribution is -2.34. The zero-order valence-corrected chi connectivity index (χ0v) is 9.77. The van der Waals surface area contributed by atoms with Crippen LogP contribution in [-0.4, -0.2) is 25.3 Å². The van der Waals surface area contributed by atoms with Gasteiger partial charge in [-0.25, -0.2) is 0 Å². The molecule has 1 atom stereocenters. The number of morpholine rings is 1. The van der Waals surface area contributed by atoms with Gasteiger partial charge in [-0.2, -0.15) is 13.2 Å². The van der Waals surface area contributed by atoms with E-state index < -0.39 is 5.51 Å². The third-order valence-corrected chi connectivity index (χ3v) is 3.18. The highest BCUT2D eigenvalue weighted by Gasteiger charge is 2.29. The van der Waals surface area contributed by atoms with Crippen LogP contribution >= 0.6 is 11.8 Å². The number of halogens is 3. The number of hydrogen-bond acceptors (Lipinski definition) is 3. The second-order valence-corrected chi connectivity index (χ2v) is 4.84. The molecule has 6 heteroatoms. The zero-order valence-electron chi connectivity index (χ0n) is 8.96. The van der Waals surface area contributed by atoms with Crippen LogP contribution in [0.4, 0.5) is 13.2 Å². The Kier molecular flexibility index (Phi) is 3.96. The van der Waals surface area contributed by atoms with Gasteiger partial charge in [0.05, 0.1) is 19.3 Å². The Morgan fingerprint density at radius 1 is 1.24 bits per heavy atom. The maximum absolute atomic E-state index is 12.1. The molecule has 1 saturated heterocycles. The Balaban J connectivity index is 2.02. The molecule has 1 heterocycles. The van der Waals surface area contributed by atoms with E-state index in [0.29, 0.717) is 13.2 Å². The van der Waals surface area contributed by atoms with Crippen LogP contribution < -0.4 is 5.32 Å². The molecule has 1 aliphatic rings. The molecule has 0 amide bonds. The topological polar surface area (TPSA) is 21.3 Å². The summed E-state index contributed by atoms with van der Waals surface area (Å²) in [6, 6.07) is 6.47. The standard InChI is InChI=1S/C11H12F3NOS/c12-11(13,14)17-9-3-1-8(2-4-9)10-7-16-6-5-15-10/h1-4,10,15H,5-7H2.